The van der Waals surface area contributed by atoms with Gasteiger partial charge in [-0.1, -0.05) is 24.8 Å². The maximum absolute atomic E-state index is 13.6. The lowest BCUT2D eigenvalue weighted by Gasteiger charge is -2.25. The lowest BCUT2D eigenvalue weighted by Crippen LogP contribution is -2.41. The van der Waals surface area contributed by atoms with Crippen LogP contribution in [-0.2, 0) is 19.1 Å². The number of nitrogens with one attached hydrogen (secondary N) is 2. The van der Waals surface area contributed by atoms with Crippen LogP contribution in [0.1, 0.15) is 41.5 Å². The van der Waals surface area contributed by atoms with E-state index in [1.807, 2.05) is 12.2 Å². The van der Waals surface area contributed by atoms with Crippen molar-refractivity contribution in [3.8, 4) is 0 Å². The van der Waals surface area contributed by atoms with E-state index < -0.39 is 17.6 Å². The van der Waals surface area contributed by atoms with Gasteiger partial charge in [-0.2, -0.15) is 0 Å². The molecule has 3 saturated heterocycles. The number of amides is 3. The van der Waals surface area contributed by atoms with Gasteiger partial charge in [0.15, 0.2) is 17.2 Å². The van der Waals surface area contributed by atoms with Crippen LogP contribution in [0.15, 0.2) is 28.9 Å². The number of benzene rings is 1. The molecule has 9 nitrogen and oxygen atoms in total. The SMILES string of the molecule is CC[C@H]1CSC(=O)N1c1coc2c(F)cccc12.C[C@@H]1CNC[C@H](C)O1.O=C1CC(=O)NC(=O)C1.[HH]. The molecule has 3 fully saturated rings. The van der Waals surface area contributed by atoms with Gasteiger partial charge in [-0.3, -0.25) is 29.4 Å². The van der Waals surface area contributed by atoms with Crippen molar-refractivity contribution in [2.24, 2.45) is 0 Å². The normalized spacial score (nSPS) is 24.5. The average Bonchev–Trinajstić information content (AvgIpc) is 3.37. The van der Waals surface area contributed by atoms with E-state index in [1.54, 1.807) is 17.0 Å². The Kier molecular flexibility index (Phi) is 9.41. The number of ketones is 1. The van der Waals surface area contributed by atoms with Crippen molar-refractivity contribution in [1.29, 1.82) is 0 Å². The van der Waals surface area contributed by atoms with E-state index in [1.165, 1.54) is 24.1 Å². The van der Waals surface area contributed by atoms with Crippen LogP contribution in [0, 0.1) is 5.82 Å². The van der Waals surface area contributed by atoms with Crippen molar-refractivity contribution >= 4 is 51.3 Å². The molecule has 2 N–H and O–H groups in total. The Hall–Kier alpha value is -2.76. The van der Waals surface area contributed by atoms with Gasteiger partial charge in [-0.15, -0.1) is 0 Å². The number of fused-ring (bicyclic) bond motifs is 1. The Morgan fingerprint density at radius 3 is 2.31 bits per heavy atom. The molecule has 35 heavy (non-hydrogen) atoms. The van der Waals surface area contributed by atoms with Crippen LogP contribution < -0.4 is 15.5 Å². The number of ether oxygens (including phenoxy) is 1. The number of furan rings is 1. The number of halogens is 1. The summed E-state index contributed by atoms with van der Waals surface area (Å²) in [7, 11) is 0. The van der Waals surface area contributed by atoms with Gasteiger partial charge in [0, 0.05) is 31.7 Å². The molecule has 0 saturated carbocycles. The summed E-state index contributed by atoms with van der Waals surface area (Å²) in [5, 5.41) is 5.94. The molecule has 0 unspecified atom stereocenters. The molecule has 1 aromatic carbocycles. The van der Waals surface area contributed by atoms with Crippen molar-refractivity contribution in [2.75, 3.05) is 23.7 Å². The van der Waals surface area contributed by atoms with Crippen LogP contribution in [0.5, 0.6) is 0 Å². The number of imide groups is 1. The lowest BCUT2D eigenvalue weighted by atomic mass is 10.1. The van der Waals surface area contributed by atoms with Crippen LogP contribution in [0.4, 0.5) is 14.9 Å². The fourth-order valence-electron chi connectivity index (χ4n) is 3.90. The van der Waals surface area contributed by atoms with Crippen molar-refractivity contribution < 1.29 is 34.1 Å². The molecule has 0 spiro atoms. The number of hydrogen-bond acceptors (Lipinski definition) is 8. The average molecular weight is 510 g/mol. The largest absolute Gasteiger partial charge is 0.459 e. The van der Waals surface area contributed by atoms with E-state index in [4.69, 9.17) is 9.15 Å². The molecule has 4 heterocycles. The third-order valence-electron chi connectivity index (χ3n) is 5.55. The third kappa shape index (κ3) is 7.12. The minimum Gasteiger partial charge on any atom is -0.459 e. The summed E-state index contributed by atoms with van der Waals surface area (Å²) in [6, 6.07) is 4.92. The number of para-hydroxylation sites is 1. The molecule has 0 bridgehead atoms. The molecule has 3 amide bonds. The zero-order valence-electron chi connectivity index (χ0n) is 20.0. The lowest BCUT2D eigenvalue weighted by molar-refractivity contribution is -0.138. The quantitative estimate of drug-likeness (QED) is 0.465. The Bertz CT molecular complexity index is 1040. The highest BCUT2D eigenvalue weighted by molar-refractivity contribution is 8.14. The molecule has 0 radical (unpaired) electrons. The number of carbonyl (C=O) groups is 4. The standard InChI is InChI=1S/C13H12FNO2S.C6H13NO.C5H5NO3.H2/c1-2-8-7-18-13(16)15(8)11-6-17-12-9(11)4-3-5-10(12)14;1-5-3-7-4-6(2)8-5;7-3-1-4(8)6-5(9)2-3;/h3-6,8H,2,7H2,1H3;5-7H,3-4H2,1-2H3;1-2H2,(H,6,8,9);1H/t8-;5-,6+;;/m0.../s1. The Morgan fingerprint density at radius 1 is 1.11 bits per heavy atom. The Balaban J connectivity index is 0.000000213. The van der Waals surface area contributed by atoms with Gasteiger partial charge in [0.1, 0.15) is 6.26 Å². The molecule has 3 aliphatic rings. The van der Waals surface area contributed by atoms with Crippen molar-refractivity contribution in [2.45, 2.75) is 58.3 Å². The minimum absolute atomic E-state index is 0. The first kappa shape index (κ1) is 26.8. The number of nitrogens with zero attached hydrogens (tertiary/aromatic N) is 1. The Morgan fingerprint density at radius 2 is 1.77 bits per heavy atom. The van der Waals surface area contributed by atoms with E-state index in [-0.39, 0.29) is 36.9 Å². The number of morpholine rings is 1. The van der Waals surface area contributed by atoms with E-state index in [0.717, 1.165) is 25.3 Å². The Labute approximate surface area is 208 Å². The number of Topliss-reactive ketones (excluding diaryl/α,β-unsaturated/α-hetero) is 1. The second-order valence-corrected chi connectivity index (χ2v) is 9.50. The summed E-state index contributed by atoms with van der Waals surface area (Å²) >= 11 is 1.30. The summed E-state index contributed by atoms with van der Waals surface area (Å²) in [6.07, 6.45) is 2.86. The molecule has 5 rings (SSSR count). The van der Waals surface area contributed by atoms with Gasteiger partial charge in [-0.25, -0.2) is 4.39 Å². The maximum atomic E-state index is 13.6. The number of piperidine rings is 1. The van der Waals surface area contributed by atoms with Crippen molar-refractivity contribution in [1.82, 2.24) is 10.6 Å². The number of anilines is 1. The summed E-state index contributed by atoms with van der Waals surface area (Å²) in [6.45, 7) is 8.22. The van der Waals surface area contributed by atoms with E-state index in [0.29, 0.717) is 23.3 Å². The first-order valence-electron chi connectivity index (χ1n) is 11.5. The number of rotatable bonds is 2. The smallest absolute Gasteiger partial charge is 0.286 e. The third-order valence-corrected chi connectivity index (χ3v) is 6.54. The van der Waals surface area contributed by atoms with Gasteiger partial charge < -0.3 is 14.5 Å². The predicted molar refractivity (Wildman–Crippen MR) is 133 cm³/mol. The fraction of sp³-hybridized carbons (Fsp3) is 0.500. The van der Waals surface area contributed by atoms with Crippen LogP contribution in [0.25, 0.3) is 11.0 Å². The zero-order valence-corrected chi connectivity index (χ0v) is 20.8. The van der Waals surface area contributed by atoms with Gasteiger partial charge in [0.25, 0.3) is 5.24 Å². The predicted octanol–water partition coefficient (Wildman–Crippen LogP) is 3.65. The summed E-state index contributed by atoms with van der Waals surface area (Å²) in [5.41, 5.74) is 0.887. The van der Waals surface area contributed by atoms with E-state index >= 15 is 0 Å². The minimum atomic E-state index is -0.490. The number of thioether (sulfide) groups is 1. The molecule has 2 aromatic rings. The van der Waals surface area contributed by atoms with Crippen LogP contribution in [0.2, 0.25) is 0 Å². The zero-order chi connectivity index (χ0) is 25.5. The highest BCUT2D eigenvalue weighted by Gasteiger charge is 2.34. The molecule has 1 aromatic heterocycles. The topological polar surface area (TPSA) is 118 Å². The maximum Gasteiger partial charge on any atom is 0.286 e. The number of carbonyl (C=O) groups excluding carboxylic acids is 4. The van der Waals surface area contributed by atoms with Gasteiger partial charge in [0.2, 0.25) is 11.8 Å². The molecule has 192 valence electrons. The second-order valence-electron chi connectivity index (χ2n) is 8.53. The summed E-state index contributed by atoms with van der Waals surface area (Å²) < 4.78 is 24.2. The molecule has 3 aliphatic heterocycles. The molecular formula is C24H32FN3O6S. The van der Waals surface area contributed by atoms with E-state index in [9.17, 15) is 23.6 Å². The highest BCUT2D eigenvalue weighted by atomic mass is 32.2. The van der Waals surface area contributed by atoms with Crippen LogP contribution in [0.3, 0.4) is 0 Å². The molecule has 0 aliphatic carbocycles. The fourth-order valence-corrected chi connectivity index (χ4v) is 5.00. The second kappa shape index (κ2) is 12.3. The summed E-state index contributed by atoms with van der Waals surface area (Å²) in [5.74, 6) is -0.903. The van der Waals surface area contributed by atoms with Gasteiger partial charge in [-0.05, 0) is 32.4 Å². The number of hydrogen-bond donors (Lipinski definition) is 2. The first-order chi connectivity index (χ1) is 16.7. The van der Waals surface area contributed by atoms with Crippen LogP contribution >= 0.6 is 11.8 Å². The van der Waals surface area contributed by atoms with Crippen molar-refractivity contribution in [3.63, 3.8) is 0 Å². The summed E-state index contributed by atoms with van der Waals surface area (Å²) in [4.78, 5) is 44.7. The van der Waals surface area contributed by atoms with Gasteiger partial charge in [0.05, 0.1) is 30.7 Å². The van der Waals surface area contributed by atoms with Gasteiger partial charge >= 0.3 is 0 Å². The van der Waals surface area contributed by atoms with E-state index in [2.05, 4.69) is 19.2 Å². The first-order valence-corrected chi connectivity index (χ1v) is 12.5. The monoisotopic (exact) mass is 509 g/mol. The molecular weight excluding hydrogens is 477 g/mol. The molecule has 3 atom stereocenters. The van der Waals surface area contributed by atoms with Crippen LogP contribution in [-0.4, -0.2) is 59.9 Å². The van der Waals surface area contributed by atoms with Crippen molar-refractivity contribution in [3.05, 3.63) is 30.3 Å². The molecule has 11 heteroatoms. The highest BCUT2D eigenvalue weighted by Crippen LogP contribution is 2.37.